The number of carbonyl (C=O) groups excluding carboxylic acids is 1. The van der Waals surface area contributed by atoms with Gasteiger partial charge in [-0.05, 0) is 19.1 Å². The fourth-order valence-electron chi connectivity index (χ4n) is 2.67. The molecule has 1 aliphatic rings. The molecular formula is C16H19N3O4. The lowest BCUT2D eigenvalue weighted by molar-refractivity contribution is -0.123. The summed E-state index contributed by atoms with van der Waals surface area (Å²) in [4.78, 5) is 28.8. The van der Waals surface area contributed by atoms with Crippen molar-refractivity contribution in [2.24, 2.45) is 0 Å². The minimum atomic E-state index is -0.260. The molecule has 0 radical (unpaired) electrons. The van der Waals surface area contributed by atoms with Gasteiger partial charge < -0.3 is 14.8 Å². The molecule has 1 saturated heterocycles. The lowest BCUT2D eigenvalue weighted by Crippen LogP contribution is -2.45. The first kappa shape index (κ1) is 15.6. The van der Waals surface area contributed by atoms with Crippen LogP contribution in [-0.4, -0.2) is 47.4 Å². The summed E-state index contributed by atoms with van der Waals surface area (Å²) in [6.45, 7) is 3.27. The Bertz CT molecular complexity index is 758. The number of para-hydroxylation sites is 1. The van der Waals surface area contributed by atoms with Gasteiger partial charge in [-0.2, -0.15) is 0 Å². The largest absolute Gasteiger partial charge is 0.376 e. The van der Waals surface area contributed by atoms with E-state index in [0.717, 1.165) is 0 Å². The second-order valence-electron chi connectivity index (χ2n) is 5.40. The van der Waals surface area contributed by atoms with Crippen LogP contribution in [0.4, 0.5) is 0 Å². The second-order valence-corrected chi connectivity index (χ2v) is 5.40. The first-order chi connectivity index (χ1) is 11.2. The van der Waals surface area contributed by atoms with Crippen LogP contribution >= 0.6 is 0 Å². The van der Waals surface area contributed by atoms with Gasteiger partial charge in [-0.25, -0.2) is 4.98 Å². The van der Waals surface area contributed by atoms with Crippen molar-refractivity contribution in [3.8, 4) is 0 Å². The predicted octanol–water partition coefficient (Wildman–Crippen LogP) is 0.317. The lowest BCUT2D eigenvalue weighted by atomic mass is 10.2. The maximum Gasteiger partial charge on any atom is 0.261 e. The number of ether oxygens (including phenoxy) is 2. The predicted molar refractivity (Wildman–Crippen MR) is 84.2 cm³/mol. The highest BCUT2D eigenvalue weighted by atomic mass is 16.5. The van der Waals surface area contributed by atoms with Gasteiger partial charge in [0, 0.05) is 6.61 Å². The van der Waals surface area contributed by atoms with E-state index in [1.807, 2.05) is 13.0 Å². The van der Waals surface area contributed by atoms with Crippen LogP contribution in [0.15, 0.2) is 35.4 Å². The molecule has 0 aliphatic carbocycles. The van der Waals surface area contributed by atoms with Crippen LogP contribution in [0, 0.1) is 0 Å². The highest BCUT2D eigenvalue weighted by Gasteiger charge is 2.30. The zero-order chi connectivity index (χ0) is 16.2. The summed E-state index contributed by atoms with van der Waals surface area (Å²) in [6, 6.07) is 6.88. The maximum atomic E-state index is 12.4. The Morgan fingerprint density at radius 1 is 1.43 bits per heavy atom. The van der Waals surface area contributed by atoms with Crippen molar-refractivity contribution in [3.63, 3.8) is 0 Å². The van der Waals surface area contributed by atoms with Crippen LogP contribution in [-0.2, 0) is 20.8 Å². The molecular weight excluding hydrogens is 298 g/mol. The fraction of sp³-hybridized carbons (Fsp3) is 0.438. The Morgan fingerprint density at radius 3 is 3.09 bits per heavy atom. The Labute approximate surface area is 133 Å². The molecule has 2 aromatic rings. The summed E-state index contributed by atoms with van der Waals surface area (Å²) in [5, 5.41) is 3.36. The molecule has 122 valence electrons. The van der Waals surface area contributed by atoms with Gasteiger partial charge in [0.25, 0.3) is 5.56 Å². The zero-order valence-electron chi connectivity index (χ0n) is 12.9. The number of benzene rings is 1. The summed E-state index contributed by atoms with van der Waals surface area (Å²) >= 11 is 0. The van der Waals surface area contributed by atoms with Crippen LogP contribution in [0.3, 0.4) is 0 Å². The van der Waals surface area contributed by atoms with Gasteiger partial charge in [-0.3, -0.25) is 14.2 Å². The van der Waals surface area contributed by atoms with Gasteiger partial charge in [0.1, 0.15) is 12.6 Å². The maximum absolute atomic E-state index is 12.4. The summed E-state index contributed by atoms with van der Waals surface area (Å²) < 4.78 is 12.2. The van der Waals surface area contributed by atoms with Crippen LogP contribution < -0.4 is 10.9 Å². The number of carbonyl (C=O) groups is 1. The Hall–Kier alpha value is -2.25. The molecule has 1 aromatic heterocycles. The number of hydrogen-bond donors (Lipinski definition) is 1. The number of fused-ring (bicyclic) bond motifs is 1. The number of amides is 1. The normalized spacial score (nSPS) is 20.7. The van der Waals surface area contributed by atoms with E-state index in [-0.39, 0.29) is 30.2 Å². The molecule has 1 N–H and O–H groups in total. The summed E-state index contributed by atoms with van der Waals surface area (Å²) in [5.41, 5.74) is 0.393. The van der Waals surface area contributed by atoms with E-state index < -0.39 is 0 Å². The third kappa shape index (κ3) is 3.40. The zero-order valence-corrected chi connectivity index (χ0v) is 12.9. The summed E-state index contributed by atoms with van der Waals surface area (Å²) in [5.74, 6) is -0.260. The molecule has 2 heterocycles. The molecule has 2 atom stereocenters. The van der Waals surface area contributed by atoms with E-state index in [1.165, 1.54) is 10.9 Å². The quantitative estimate of drug-likeness (QED) is 0.858. The molecule has 1 fully saturated rings. The number of aromatic nitrogens is 2. The molecule has 7 heteroatoms. The van der Waals surface area contributed by atoms with E-state index >= 15 is 0 Å². The van der Waals surface area contributed by atoms with Crippen LogP contribution in [0.5, 0.6) is 0 Å². The Morgan fingerprint density at radius 2 is 2.26 bits per heavy atom. The Kier molecular flexibility index (Phi) is 4.68. The van der Waals surface area contributed by atoms with Crippen LogP contribution in [0.25, 0.3) is 10.9 Å². The standard InChI is InChI=1S/C16H19N3O4/c1-2-23-14-9-22-8-13(14)18-15(20)7-19-10-17-12-6-4-3-5-11(12)16(19)21/h3-6,10,13-14H,2,7-9H2,1H3,(H,18,20)/t13-,14-/m1/s1. The van der Waals surface area contributed by atoms with Crippen molar-refractivity contribution in [2.75, 3.05) is 19.8 Å². The SMILES string of the molecule is CCO[C@@H]1COC[C@H]1NC(=O)Cn1cnc2ccccc2c1=O. The van der Waals surface area contributed by atoms with Crippen molar-refractivity contribution >= 4 is 16.8 Å². The van der Waals surface area contributed by atoms with E-state index in [9.17, 15) is 9.59 Å². The highest BCUT2D eigenvalue weighted by molar-refractivity contribution is 5.79. The van der Waals surface area contributed by atoms with Crippen molar-refractivity contribution in [3.05, 3.63) is 40.9 Å². The van der Waals surface area contributed by atoms with E-state index in [2.05, 4.69) is 10.3 Å². The monoisotopic (exact) mass is 317 g/mol. The molecule has 0 saturated carbocycles. The fourth-order valence-corrected chi connectivity index (χ4v) is 2.67. The number of hydrogen-bond acceptors (Lipinski definition) is 5. The molecule has 23 heavy (non-hydrogen) atoms. The molecule has 0 bridgehead atoms. The van der Waals surface area contributed by atoms with Crippen molar-refractivity contribution in [2.45, 2.75) is 25.6 Å². The molecule has 0 unspecified atom stereocenters. The molecule has 1 aliphatic heterocycles. The first-order valence-corrected chi connectivity index (χ1v) is 7.62. The van der Waals surface area contributed by atoms with Crippen LogP contribution in [0.1, 0.15) is 6.92 Å². The average Bonchev–Trinajstić information content (AvgIpc) is 2.98. The lowest BCUT2D eigenvalue weighted by Gasteiger charge is -2.19. The van der Waals surface area contributed by atoms with Crippen LogP contribution in [0.2, 0.25) is 0 Å². The first-order valence-electron chi connectivity index (χ1n) is 7.62. The van der Waals surface area contributed by atoms with Gasteiger partial charge in [0.05, 0.1) is 36.5 Å². The third-order valence-electron chi connectivity index (χ3n) is 3.80. The highest BCUT2D eigenvalue weighted by Crippen LogP contribution is 2.10. The van der Waals surface area contributed by atoms with Crippen molar-refractivity contribution < 1.29 is 14.3 Å². The van der Waals surface area contributed by atoms with Crippen molar-refractivity contribution in [1.82, 2.24) is 14.9 Å². The number of rotatable bonds is 5. The van der Waals surface area contributed by atoms with Crippen molar-refractivity contribution in [1.29, 1.82) is 0 Å². The molecule has 1 amide bonds. The minimum Gasteiger partial charge on any atom is -0.376 e. The van der Waals surface area contributed by atoms with E-state index in [4.69, 9.17) is 9.47 Å². The van der Waals surface area contributed by atoms with Gasteiger partial charge in [-0.1, -0.05) is 12.1 Å². The molecule has 7 nitrogen and oxygen atoms in total. The second kappa shape index (κ2) is 6.89. The van der Waals surface area contributed by atoms with Gasteiger partial charge in [-0.15, -0.1) is 0 Å². The summed E-state index contributed by atoms with van der Waals surface area (Å²) in [6.07, 6.45) is 1.26. The van der Waals surface area contributed by atoms with E-state index in [1.54, 1.807) is 18.2 Å². The number of nitrogens with one attached hydrogen (secondary N) is 1. The van der Waals surface area contributed by atoms with E-state index in [0.29, 0.717) is 30.7 Å². The average molecular weight is 317 g/mol. The smallest absolute Gasteiger partial charge is 0.261 e. The Balaban J connectivity index is 1.71. The van der Waals surface area contributed by atoms with Gasteiger partial charge in [0.15, 0.2) is 0 Å². The van der Waals surface area contributed by atoms with Gasteiger partial charge in [0.2, 0.25) is 5.91 Å². The number of nitrogens with zero attached hydrogens (tertiary/aromatic N) is 2. The minimum absolute atomic E-state index is 0.0774. The topological polar surface area (TPSA) is 82.4 Å². The molecule has 3 rings (SSSR count). The summed E-state index contributed by atoms with van der Waals surface area (Å²) in [7, 11) is 0. The molecule has 0 spiro atoms. The third-order valence-corrected chi connectivity index (χ3v) is 3.80. The van der Waals surface area contributed by atoms with Gasteiger partial charge >= 0.3 is 0 Å². The molecule has 1 aromatic carbocycles.